The molecule has 31 heavy (non-hydrogen) atoms. The summed E-state index contributed by atoms with van der Waals surface area (Å²) in [5.74, 6) is -1.89. The van der Waals surface area contributed by atoms with E-state index >= 15 is 0 Å². The second-order valence-electron chi connectivity index (χ2n) is 6.83. The van der Waals surface area contributed by atoms with Crippen LogP contribution in [-0.2, 0) is 11.3 Å². The van der Waals surface area contributed by atoms with Crippen molar-refractivity contribution >= 4 is 22.7 Å². The third-order valence-electron chi connectivity index (χ3n) is 4.79. The number of pyridine rings is 1. The molecular formula is C20H22F3N5O3. The lowest BCUT2D eigenvalue weighted by molar-refractivity contribution is -0.192. The number of aromatic amines is 1. The molecule has 2 N–H and O–H groups in total. The molecule has 0 amide bonds. The quantitative estimate of drug-likeness (QED) is 0.648. The number of carbonyl (C=O) groups is 1. The molecule has 0 saturated carbocycles. The monoisotopic (exact) mass is 437 g/mol. The van der Waals surface area contributed by atoms with E-state index in [0.29, 0.717) is 0 Å². The fourth-order valence-electron chi connectivity index (χ4n) is 3.25. The molecule has 166 valence electrons. The Kier molecular flexibility index (Phi) is 6.95. The van der Waals surface area contributed by atoms with Crippen molar-refractivity contribution in [2.45, 2.75) is 12.7 Å². The lowest BCUT2D eigenvalue weighted by Crippen LogP contribution is -2.46. The second kappa shape index (κ2) is 9.65. The van der Waals surface area contributed by atoms with Crippen LogP contribution in [0.1, 0.15) is 5.69 Å². The van der Waals surface area contributed by atoms with E-state index in [9.17, 15) is 13.2 Å². The van der Waals surface area contributed by atoms with Crippen molar-refractivity contribution in [3.8, 4) is 5.75 Å². The van der Waals surface area contributed by atoms with Crippen LogP contribution in [0, 0.1) is 0 Å². The van der Waals surface area contributed by atoms with Crippen LogP contribution in [0.25, 0.3) is 11.0 Å². The smallest absolute Gasteiger partial charge is 0.490 e. The topological polar surface area (TPSA) is 94.6 Å². The summed E-state index contributed by atoms with van der Waals surface area (Å²) in [4.78, 5) is 25.8. The number of hydrogen-bond donors (Lipinski definition) is 2. The average molecular weight is 437 g/mol. The maximum atomic E-state index is 10.6. The number of aliphatic carboxylic acids is 1. The van der Waals surface area contributed by atoms with Gasteiger partial charge in [0, 0.05) is 45.0 Å². The van der Waals surface area contributed by atoms with Crippen molar-refractivity contribution < 1.29 is 27.8 Å². The molecule has 11 heteroatoms. The number of aromatic nitrogens is 3. The van der Waals surface area contributed by atoms with Crippen LogP contribution in [0.4, 0.5) is 18.9 Å². The molecule has 0 aliphatic carbocycles. The van der Waals surface area contributed by atoms with Crippen molar-refractivity contribution in [2.24, 2.45) is 0 Å². The Labute approximate surface area is 176 Å². The molecule has 1 aliphatic heterocycles. The Bertz CT molecular complexity index is 1020. The number of imidazole rings is 1. The molecule has 0 unspecified atom stereocenters. The van der Waals surface area contributed by atoms with Gasteiger partial charge in [0.15, 0.2) is 0 Å². The van der Waals surface area contributed by atoms with Crippen molar-refractivity contribution in [3.05, 3.63) is 48.5 Å². The minimum atomic E-state index is -5.08. The zero-order valence-corrected chi connectivity index (χ0v) is 16.8. The molecule has 8 nitrogen and oxygen atoms in total. The van der Waals surface area contributed by atoms with Gasteiger partial charge in [-0.05, 0) is 18.2 Å². The van der Waals surface area contributed by atoms with Gasteiger partial charge in [0.05, 0.1) is 30.3 Å². The number of carboxylic acids is 1. The normalized spacial score (nSPS) is 14.8. The highest BCUT2D eigenvalue weighted by Gasteiger charge is 2.38. The van der Waals surface area contributed by atoms with Crippen LogP contribution in [0.15, 0.2) is 42.9 Å². The third-order valence-corrected chi connectivity index (χ3v) is 4.79. The number of methoxy groups -OCH3 is 1. The highest BCUT2D eigenvalue weighted by molar-refractivity contribution is 5.88. The summed E-state index contributed by atoms with van der Waals surface area (Å²) < 4.78 is 37.0. The third kappa shape index (κ3) is 5.85. The van der Waals surface area contributed by atoms with E-state index in [1.165, 1.54) is 5.69 Å². The number of anilines is 1. The highest BCUT2D eigenvalue weighted by atomic mass is 19.4. The first-order chi connectivity index (χ1) is 14.8. The second-order valence-corrected chi connectivity index (χ2v) is 6.83. The fraction of sp³-hybridized carbons (Fsp3) is 0.350. The van der Waals surface area contributed by atoms with Gasteiger partial charge in [-0.25, -0.2) is 9.78 Å². The van der Waals surface area contributed by atoms with Gasteiger partial charge >= 0.3 is 12.1 Å². The Balaban J connectivity index is 0.000000339. The van der Waals surface area contributed by atoms with E-state index in [2.05, 4.69) is 43.0 Å². The molecule has 0 spiro atoms. The maximum Gasteiger partial charge on any atom is 0.490 e. The van der Waals surface area contributed by atoms with Gasteiger partial charge in [0.1, 0.15) is 11.3 Å². The fourth-order valence-corrected chi connectivity index (χ4v) is 3.25. The molecule has 0 radical (unpaired) electrons. The van der Waals surface area contributed by atoms with Crippen LogP contribution >= 0.6 is 0 Å². The van der Waals surface area contributed by atoms with Crippen molar-refractivity contribution in [1.82, 2.24) is 19.9 Å². The number of carboxylic acid groups (broad SMARTS) is 1. The number of rotatable bonds is 4. The van der Waals surface area contributed by atoms with Crippen LogP contribution in [-0.4, -0.2) is 70.4 Å². The van der Waals surface area contributed by atoms with Crippen LogP contribution in [0.3, 0.4) is 0 Å². The molecule has 1 aromatic carbocycles. The first kappa shape index (κ1) is 22.3. The van der Waals surface area contributed by atoms with Crippen LogP contribution in [0.5, 0.6) is 5.75 Å². The first-order valence-electron chi connectivity index (χ1n) is 9.46. The van der Waals surface area contributed by atoms with E-state index in [0.717, 1.165) is 55.2 Å². The van der Waals surface area contributed by atoms with Gasteiger partial charge in [-0.3, -0.25) is 9.88 Å². The molecule has 3 aromatic rings. The highest BCUT2D eigenvalue weighted by Crippen LogP contribution is 2.25. The van der Waals surface area contributed by atoms with E-state index in [1.807, 2.05) is 18.3 Å². The zero-order valence-electron chi connectivity index (χ0n) is 16.8. The molecule has 1 saturated heterocycles. The number of hydrogen-bond acceptors (Lipinski definition) is 6. The van der Waals surface area contributed by atoms with E-state index in [4.69, 9.17) is 14.6 Å². The minimum Gasteiger partial charge on any atom is -0.497 e. The molecular weight excluding hydrogens is 415 g/mol. The Hall–Kier alpha value is -3.34. The number of H-pyrrole nitrogens is 1. The van der Waals surface area contributed by atoms with Gasteiger partial charge in [-0.2, -0.15) is 13.2 Å². The van der Waals surface area contributed by atoms with Gasteiger partial charge in [-0.1, -0.05) is 6.07 Å². The summed E-state index contributed by atoms with van der Waals surface area (Å²) in [5, 5.41) is 7.12. The molecule has 3 heterocycles. The number of nitrogens with one attached hydrogen (secondary N) is 1. The predicted molar refractivity (Wildman–Crippen MR) is 108 cm³/mol. The standard InChI is InChI=1S/C18H21N5O.C2HF3O2/c1-24-15-5-6-19-14(11-15)12-22-7-9-23(10-8-22)17-4-2-3-16-18(17)21-13-20-16;3-2(4,5)1(6)7/h2-6,11,13H,7-10,12H2,1H3,(H,20,21);(H,6,7). The summed E-state index contributed by atoms with van der Waals surface area (Å²) >= 11 is 0. The first-order valence-corrected chi connectivity index (χ1v) is 9.46. The molecule has 4 rings (SSSR count). The van der Waals surface area contributed by atoms with Crippen LogP contribution < -0.4 is 9.64 Å². The molecule has 0 bridgehead atoms. The van der Waals surface area contributed by atoms with Gasteiger partial charge < -0.3 is 19.7 Å². The Morgan fingerprint density at radius 1 is 1.19 bits per heavy atom. The molecule has 1 fully saturated rings. The number of para-hydroxylation sites is 1. The predicted octanol–water partition coefficient (Wildman–Crippen LogP) is 2.92. The zero-order chi connectivity index (χ0) is 22.4. The van der Waals surface area contributed by atoms with Gasteiger partial charge in [0.2, 0.25) is 0 Å². The largest absolute Gasteiger partial charge is 0.497 e. The van der Waals surface area contributed by atoms with Crippen molar-refractivity contribution in [2.75, 3.05) is 38.2 Å². The maximum absolute atomic E-state index is 10.6. The molecule has 0 atom stereocenters. The van der Waals surface area contributed by atoms with Gasteiger partial charge in [0.25, 0.3) is 0 Å². The van der Waals surface area contributed by atoms with E-state index in [-0.39, 0.29) is 0 Å². The number of ether oxygens (including phenoxy) is 1. The lowest BCUT2D eigenvalue weighted by Gasteiger charge is -2.36. The average Bonchev–Trinajstić information content (AvgIpc) is 3.23. The summed E-state index contributed by atoms with van der Waals surface area (Å²) in [6, 6.07) is 10.2. The van der Waals surface area contributed by atoms with Gasteiger partial charge in [-0.15, -0.1) is 0 Å². The lowest BCUT2D eigenvalue weighted by atomic mass is 10.2. The summed E-state index contributed by atoms with van der Waals surface area (Å²) in [5.41, 5.74) is 4.42. The van der Waals surface area contributed by atoms with Crippen molar-refractivity contribution in [3.63, 3.8) is 0 Å². The molecule has 2 aromatic heterocycles. The number of benzene rings is 1. The summed E-state index contributed by atoms with van der Waals surface area (Å²) in [6.07, 6.45) is -1.51. The minimum absolute atomic E-state index is 0.859. The molecule has 1 aliphatic rings. The number of alkyl halides is 3. The number of fused-ring (bicyclic) bond motifs is 1. The number of halogens is 3. The van der Waals surface area contributed by atoms with E-state index < -0.39 is 12.1 Å². The Morgan fingerprint density at radius 3 is 2.55 bits per heavy atom. The van der Waals surface area contributed by atoms with Crippen LogP contribution in [0.2, 0.25) is 0 Å². The van der Waals surface area contributed by atoms with Crippen molar-refractivity contribution in [1.29, 1.82) is 0 Å². The Morgan fingerprint density at radius 2 is 1.90 bits per heavy atom. The number of piperazine rings is 1. The summed E-state index contributed by atoms with van der Waals surface area (Å²) in [7, 11) is 1.69. The van der Waals surface area contributed by atoms with E-state index in [1.54, 1.807) is 13.4 Å². The number of nitrogens with zero attached hydrogens (tertiary/aromatic N) is 4. The SMILES string of the molecule is COc1ccnc(CN2CCN(c3cccc4[nH]cnc34)CC2)c1.O=C(O)C(F)(F)F. The summed E-state index contributed by atoms with van der Waals surface area (Å²) in [6.45, 7) is 4.88.